The van der Waals surface area contributed by atoms with Crippen molar-refractivity contribution in [3.05, 3.63) is 56.8 Å². The number of amidine groups is 1. The first kappa shape index (κ1) is 14.7. The lowest BCUT2D eigenvalue weighted by Crippen LogP contribution is -2.29. The number of nitrogens with zero attached hydrogens (tertiary/aromatic N) is 2. The van der Waals surface area contributed by atoms with Crippen LogP contribution in [0.4, 0.5) is 0 Å². The molecule has 0 amide bonds. The largest absolute Gasteiger partial charge is 0.324 e. The van der Waals surface area contributed by atoms with Gasteiger partial charge in [0.1, 0.15) is 5.84 Å². The van der Waals surface area contributed by atoms with Gasteiger partial charge in [-0.05, 0) is 35.6 Å². The van der Waals surface area contributed by atoms with Gasteiger partial charge in [-0.25, -0.2) is 0 Å². The maximum Gasteiger partial charge on any atom is 0.137 e. The Morgan fingerprint density at radius 2 is 1.87 bits per heavy atom. The SMILES string of the molecule is Cc1cc2c(s1)C=C(c1ccc(C(C)(C)C)cc1)N1CCN=C21. The molecule has 2 nitrogen and oxygen atoms in total. The molecule has 2 aliphatic heterocycles. The zero-order valence-corrected chi connectivity index (χ0v) is 15.0. The summed E-state index contributed by atoms with van der Waals surface area (Å²) in [6.07, 6.45) is 2.34. The molecule has 0 bridgehead atoms. The first-order chi connectivity index (χ1) is 10.9. The van der Waals surface area contributed by atoms with Crippen molar-refractivity contribution in [2.75, 3.05) is 13.1 Å². The van der Waals surface area contributed by atoms with E-state index in [1.54, 1.807) is 0 Å². The predicted molar refractivity (Wildman–Crippen MR) is 100 cm³/mol. The van der Waals surface area contributed by atoms with E-state index in [-0.39, 0.29) is 5.41 Å². The number of benzene rings is 1. The molecule has 3 heterocycles. The molecule has 0 spiro atoms. The summed E-state index contributed by atoms with van der Waals surface area (Å²) in [6, 6.07) is 11.3. The number of thiophene rings is 1. The van der Waals surface area contributed by atoms with Crippen LogP contribution in [0.2, 0.25) is 0 Å². The zero-order chi connectivity index (χ0) is 16.2. The molecule has 3 heteroatoms. The van der Waals surface area contributed by atoms with Gasteiger partial charge in [0.05, 0.1) is 12.2 Å². The molecule has 0 radical (unpaired) electrons. The fraction of sp³-hybridized carbons (Fsp3) is 0.350. The number of hydrogen-bond acceptors (Lipinski definition) is 3. The van der Waals surface area contributed by atoms with Crippen LogP contribution in [0.3, 0.4) is 0 Å². The second-order valence-corrected chi connectivity index (χ2v) is 8.64. The molecule has 118 valence electrons. The van der Waals surface area contributed by atoms with Crippen LogP contribution < -0.4 is 0 Å². The smallest absolute Gasteiger partial charge is 0.137 e. The molecular formula is C20H22N2S. The molecule has 0 aliphatic carbocycles. The Labute approximate surface area is 142 Å². The lowest BCUT2D eigenvalue weighted by molar-refractivity contribution is 0.590. The number of aliphatic imine (C=N–C) groups is 1. The highest BCUT2D eigenvalue weighted by Crippen LogP contribution is 2.37. The van der Waals surface area contributed by atoms with E-state index >= 15 is 0 Å². The van der Waals surface area contributed by atoms with Crippen LogP contribution in [-0.2, 0) is 5.41 Å². The van der Waals surface area contributed by atoms with Crippen molar-refractivity contribution in [2.24, 2.45) is 4.99 Å². The molecule has 0 unspecified atom stereocenters. The molecule has 0 saturated carbocycles. The van der Waals surface area contributed by atoms with E-state index in [1.807, 2.05) is 11.3 Å². The minimum absolute atomic E-state index is 0.192. The monoisotopic (exact) mass is 322 g/mol. The third kappa shape index (κ3) is 2.43. The van der Waals surface area contributed by atoms with Gasteiger partial charge in [0.2, 0.25) is 0 Å². The standard InChI is InChI=1S/C20H22N2S/c1-13-11-16-18(23-13)12-17(22-10-9-21-19(16)22)14-5-7-15(8-6-14)20(2,3)4/h5-8,11-12H,9-10H2,1-4H3. The number of hydrogen-bond donors (Lipinski definition) is 0. The Morgan fingerprint density at radius 3 is 2.57 bits per heavy atom. The quantitative estimate of drug-likeness (QED) is 0.727. The fourth-order valence-electron chi connectivity index (χ4n) is 3.31. The van der Waals surface area contributed by atoms with Gasteiger partial charge in [-0.2, -0.15) is 0 Å². The first-order valence-electron chi connectivity index (χ1n) is 8.19. The van der Waals surface area contributed by atoms with E-state index in [4.69, 9.17) is 4.99 Å². The van der Waals surface area contributed by atoms with Gasteiger partial charge in [-0.15, -0.1) is 11.3 Å². The van der Waals surface area contributed by atoms with Gasteiger partial charge in [0.15, 0.2) is 0 Å². The summed E-state index contributed by atoms with van der Waals surface area (Å²) in [4.78, 5) is 9.82. The van der Waals surface area contributed by atoms with Crippen molar-refractivity contribution in [3.8, 4) is 0 Å². The number of fused-ring (bicyclic) bond motifs is 3. The van der Waals surface area contributed by atoms with Gasteiger partial charge >= 0.3 is 0 Å². The van der Waals surface area contributed by atoms with Crippen LogP contribution in [0.25, 0.3) is 11.8 Å². The highest BCUT2D eigenvalue weighted by Gasteiger charge is 2.30. The summed E-state index contributed by atoms with van der Waals surface area (Å²) in [6.45, 7) is 10.8. The maximum absolute atomic E-state index is 4.75. The van der Waals surface area contributed by atoms with E-state index < -0.39 is 0 Å². The maximum atomic E-state index is 4.75. The van der Waals surface area contributed by atoms with Crippen molar-refractivity contribution >= 4 is 28.9 Å². The lowest BCUT2D eigenvalue weighted by atomic mass is 9.86. The lowest BCUT2D eigenvalue weighted by Gasteiger charge is -2.28. The molecule has 2 aromatic rings. The van der Waals surface area contributed by atoms with Gasteiger partial charge < -0.3 is 4.90 Å². The zero-order valence-electron chi connectivity index (χ0n) is 14.2. The minimum atomic E-state index is 0.192. The van der Waals surface area contributed by atoms with Crippen LogP contribution in [0, 0.1) is 6.92 Å². The molecule has 23 heavy (non-hydrogen) atoms. The van der Waals surface area contributed by atoms with Crippen molar-refractivity contribution in [2.45, 2.75) is 33.1 Å². The average Bonchev–Trinajstić information content (AvgIpc) is 3.10. The van der Waals surface area contributed by atoms with Crippen molar-refractivity contribution < 1.29 is 0 Å². The van der Waals surface area contributed by atoms with Crippen LogP contribution in [0.15, 0.2) is 35.3 Å². The van der Waals surface area contributed by atoms with E-state index in [2.05, 4.69) is 69.0 Å². The second-order valence-electron chi connectivity index (χ2n) is 7.35. The Balaban J connectivity index is 1.79. The summed E-state index contributed by atoms with van der Waals surface area (Å²) >= 11 is 1.86. The summed E-state index contributed by atoms with van der Waals surface area (Å²) in [5.41, 5.74) is 5.44. The summed E-state index contributed by atoms with van der Waals surface area (Å²) in [7, 11) is 0. The molecule has 0 saturated heterocycles. The van der Waals surface area contributed by atoms with Crippen LogP contribution >= 0.6 is 11.3 Å². The molecule has 0 fully saturated rings. The van der Waals surface area contributed by atoms with Crippen molar-refractivity contribution in [3.63, 3.8) is 0 Å². The molecule has 0 N–H and O–H groups in total. The third-order valence-electron chi connectivity index (χ3n) is 4.57. The van der Waals surface area contributed by atoms with Crippen LogP contribution in [0.1, 0.15) is 47.2 Å². The van der Waals surface area contributed by atoms with E-state index in [0.717, 1.165) is 18.9 Å². The summed E-state index contributed by atoms with van der Waals surface area (Å²) < 4.78 is 0. The minimum Gasteiger partial charge on any atom is -0.324 e. The van der Waals surface area contributed by atoms with Crippen molar-refractivity contribution in [1.29, 1.82) is 0 Å². The molecule has 1 aromatic carbocycles. The predicted octanol–water partition coefficient (Wildman–Crippen LogP) is 4.93. The van der Waals surface area contributed by atoms with Crippen LogP contribution in [-0.4, -0.2) is 23.8 Å². The van der Waals surface area contributed by atoms with Gasteiger partial charge in [-0.3, -0.25) is 4.99 Å². The Kier molecular flexibility index (Phi) is 3.24. The third-order valence-corrected chi connectivity index (χ3v) is 5.57. The van der Waals surface area contributed by atoms with Gasteiger partial charge in [-0.1, -0.05) is 45.0 Å². The van der Waals surface area contributed by atoms with Gasteiger partial charge in [0.25, 0.3) is 0 Å². The van der Waals surface area contributed by atoms with Crippen LogP contribution in [0.5, 0.6) is 0 Å². The van der Waals surface area contributed by atoms with E-state index in [0.29, 0.717) is 0 Å². The number of rotatable bonds is 1. The molecule has 4 rings (SSSR count). The highest BCUT2D eigenvalue weighted by atomic mass is 32.1. The van der Waals surface area contributed by atoms with Crippen molar-refractivity contribution in [1.82, 2.24) is 4.90 Å². The van der Waals surface area contributed by atoms with Gasteiger partial charge in [0, 0.05) is 21.9 Å². The second kappa shape index (κ2) is 5.07. The Morgan fingerprint density at radius 1 is 1.13 bits per heavy atom. The summed E-state index contributed by atoms with van der Waals surface area (Å²) in [5.74, 6) is 1.15. The number of aryl methyl sites for hydroxylation is 1. The fourth-order valence-corrected chi connectivity index (χ4v) is 4.26. The first-order valence-corrected chi connectivity index (χ1v) is 9.00. The topological polar surface area (TPSA) is 15.6 Å². The highest BCUT2D eigenvalue weighted by molar-refractivity contribution is 7.13. The normalized spacial score (nSPS) is 16.8. The Hall–Kier alpha value is -1.87. The molecule has 0 atom stereocenters. The van der Waals surface area contributed by atoms with E-state index in [9.17, 15) is 0 Å². The van der Waals surface area contributed by atoms with E-state index in [1.165, 1.54) is 32.1 Å². The summed E-state index contributed by atoms with van der Waals surface area (Å²) in [5, 5.41) is 0. The molecule has 1 aromatic heterocycles. The molecular weight excluding hydrogens is 300 g/mol. The Bertz CT molecular complexity index is 816. The average molecular weight is 322 g/mol. The molecule has 2 aliphatic rings.